The van der Waals surface area contributed by atoms with Crippen LogP contribution in [-0.2, 0) is 9.53 Å². The molecule has 0 amide bonds. The lowest BCUT2D eigenvalue weighted by Gasteiger charge is -2.38. The maximum Gasteiger partial charge on any atom is 0.333 e. The Bertz CT molecular complexity index is 373. The van der Waals surface area contributed by atoms with E-state index in [1.165, 1.54) is 44.9 Å². The zero-order valence-corrected chi connectivity index (χ0v) is 12.1. The number of esters is 1. The van der Waals surface area contributed by atoms with Gasteiger partial charge in [-0.3, -0.25) is 0 Å². The molecule has 0 aromatic carbocycles. The van der Waals surface area contributed by atoms with Gasteiger partial charge in [-0.2, -0.15) is 0 Å². The summed E-state index contributed by atoms with van der Waals surface area (Å²) in [7, 11) is 0. The van der Waals surface area contributed by atoms with Gasteiger partial charge in [-0.15, -0.1) is 0 Å². The van der Waals surface area contributed by atoms with Gasteiger partial charge in [-0.05, 0) is 56.8 Å². The first-order valence-corrected chi connectivity index (χ1v) is 8.03. The zero-order chi connectivity index (χ0) is 13.4. The third-order valence-electron chi connectivity index (χ3n) is 5.71. The lowest BCUT2D eigenvalue weighted by Crippen LogP contribution is -2.37. The van der Waals surface area contributed by atoms with Crippen LogP contribution < -0.4 is 0 Å². The lowest BCUT2D eigenvalue weighted by atomic mass is 9.72. The number of hydrogen-bond acceptors (Lipinski definition) is 2. The minimum absolute atomic E-state index is 0.176. The van der Waals surface area contributed by atoms with Gasteiger partial charge in [0.05, 0.1) is 0 Å². The predicted octanol–water partition coefficient (Wildman–Crippen LogP) is 4.10. The molecule has 2 heteroatoms. The molecule has 5 atom stereocenters. The Balaban J connectivity index is 1.73. The van der Waals surface area contributed by atoms with Gasteiger partial charge >= 0.3 is 5.97 Å². The van der Waals surface area contributed by atoms with E-state index in [-0.39, 0.29) is 12.1 Å². The number of ether oxygens (including phenoxy) is 1. The van der Waals surface area contributed by atoms with Gasteiger partial charge in [0.2, 0.25) is 0 Å². The van der Waals surface area contributed by atoms with Crippen LogP contribution in [0.5, 0.6) is 0 Å². The Hall–Kier alpha value is -0.790. The van der Waals surface area contributed by atoms with Crippen LogP contribution >= 0.6 is 0 Å². The van der Waals surface area contributed by atoms with Crippen LogP contribution in [0.25, 0.3) is 0 Å². The molecule has 3 aliphatic carbocycles. The molecule has 0 aromatic rings. The van der Waals surface area contributed by atoms with E-state index in [1.54, 1.807) is 6.92 Å². The van der Waals surface area contributed by atoms with Crippen molar-refractivity contribution in [1.82, 2.24) is 0 Å². The molecule has 0 bridgehead atoms. The van der Waals surface area contributed by atoms with Crippen molar-refractivity contribution in [2.24, 2.45) is 23.7 Å². The summed E-state index contributed by atoms with van der Waals surface area (Å²) in [6.07, 6.45) is 10.8. The Labute approximate surface area is 116 Å². The molecule has 3 rings (SSSR count). The molecular weight excluding hydrogens is 236 g/mol. The first-order chi connectivity index (χ1) is 9.16. The summed E-state index contributed by atoms with van der Waals surface area (Å²) in [5, 5.41) is 0. The molecule has 3 fully saturated rings. The summed E-state index contributed by atoms with van der Waals surface area (Å²) in [6, 6.07) is 0. The summed E-state index contributed by atoms with van der Waals surface area (Å²) in [6.45, 7) is 5.46. The van der Waals surface area contributed by atoms with Gasteiger partial charge in [0.25, 0.3) is 0 Å². The standard InChI is InChI=1S/C17H26O2/c1-11(2)17(18)19-15-9-5-7-13-10-12-6-3-4-8-14(12)16(13)15/h12-16H,1,3-10H2,2H3/t12?,13?,14?,15-,16?/m0/s1. The Morgan fingerprint density at radius 3 is 2.58 bits per heavy atom. The number of carbonyl (C=O) groups excluding carboxylic acids is 1. The zero-order valence-electron chi connectivity index (χ0n) is 12.1. The monoisotopic (exact) mass is 262 g/mol. The van der Waals surface area contributed by atoms with Crippen molar-refractivity contribution < 1.29 is 9.53 Å². The number of carbonyl (C=O) groups is 1. The average Bonchev–Trinajstić information content (AvgIpc) is 2.77. The highest BCUT2D eigenvalue weighted by Crippen LogP contribution is 2.54. The second-order valence-electron chi connectivity index (χ2n) is 6.94. The molecule has 3 saturated carbocycles. The SMILES string of the molecule is C=C(C)C(=O)O[C@H]1CCCC2CC3CCCCC3C21. The van der Waals surface area contributed by atoms with Crippen LogP contribution in [0.1, 0.15) is 58.3 Å². The van der Waals surface area contributed by atoms with Crippen molar-refractivity contribution in [2.45, 2.75) is 64.4 Å². The van der Waals surface area contributed by atoms with Gasteiger partial charge in [0.15, 0.2) is 0 Å². The normalized spacial score (nSPS) is 41.2. The van der Waals surface area contributed by atoms with Crippen molar-refractivity contribution in [3.63, 3.8) is 0 Å². The third kappa shape index (κ3) is 2.46. The van der Waals surface area contributed by atoms with E-state index in [9.17, 15) is 4.79 Å². The minimum atomic E-state index is -0.176. The first kappa shape index (κ1) is 13.2. The van der Waals surface area contributed by atoms with E-state index in [4.69, 9.17) is 4.74 Å². The highest BCUT2D eigenvalue weighted by Gasteiger charge is 2.49. The maximum atomic E-state index is 11.8. The van der Waals surface area contributed by atoms with Crippen LogP contribution in [0.4, 0.5) is 0 Å². The predicted molar refractivity (Wildman–Crippen MR) is 75.6 cm³/mol. The van der Waals surface area contributed by atoms with Crippen molar-refractivity contribution in [2.75, 3.05) is 0 Å². The van der Waals surface area contributed by atoms with Crippen LogP contribution in [0, 0.1) is 23.7 Å². The fourth-order valence-electron chi connectivity index (χ4n) is 4.97. The van der Waals surface area contributed by atoms with Crippen molar-refractivity contribution in [3.05, 3.63) is 12.2 Å². The summed E-state index contributed by atoms with van der Waals surface area (Å²) in [5.74, 6) is 3.06. The number of fused-ring (bicyclic) bond motifs is 3. The molecule has 0 saturated heterocycles. The van der Waals surface area contributed by atoms with E-state index in [1.807, 2.05) is 0 Å². The minimum Gasteiger partial charge on any atom is -0.459 e. The Kier molecular flexibility index (Phi) is 3.68. The average molecular weight is 262 g/mol. The number of hydrogen-bond donors (Lipinski definition) is 0. The summed E-state index contributed by atoms with van der Waals surface area (Å²) in [4.78, 5) is 11.8. The van der Waals surface area contributed by atoms with Gasteiger partial charge in [-0.25, -0.2) is 4.79 Å². The van der Waals surface area contributed by atoms with E-state index >= 15 is 0 Å². The van der Waals surface area contributed by atoms with Gasteiger partial charge < -0.3 is 4.74 Å². The van der Waals surface area contributed by atoms with Crippen molar-refractivity contribution >= 4 is 5.97 Å². The second-order valence-corrected chi connectivity index (χ2v) is 6.94. The molecule has 106 valence electrons. The quantitative estimate of drug-likeness (QED) is 0.553. The van der Waals surface area contributed by atoms with E-state index in [2.05, 4.69) is 6.58 Å². The van der Waals surface area contributed by atoms with Gasteiger partial charge in [0, 0.05) is 11.5 Å². The largest absolute Gasteiger partial charge is 0.459 e. The topological polar surface area (TPSA) is 26.3 Å². The third-order valence-corrected chi connectivity index (χ3v) is 5.71. The summed E-state index contributed by atoms with van der Waals surface area (Å²) >= 11 is 0. The van der Waals surface area contributed by atoms with Gasteiger partial charge in [0.1, 0.15) is 6.10 Å². The van der Waals surface area contributed by atoms with Crippen molar-refractivity contribution in [3.8, 4) is 0 Å². The maximum absolute atomic E-state index is 11.8. The van der Waals surface area contributed by atoms with E-state index in [0.29, 0.717) is 11.5 Å². The Morgan fingerprint density at radius 1 is 1.05 bits per heavy atom. The van der Waals surface area contributed by atoms with Crippen LogP contribution in [0.2, 0.25) is 0 Å². The lowest BCUT2D eigenvalue weighted by molar-refractivity contribution is -0.151. The molecule has 0 radical (unpaired) electrons. The van der Waals surface area contributed by atoms with E-state index in [0.717, 1.165) is 24.2 Å². The molecule has 4 unspecified atom stereocenters. The van der Waals surface area contributed by atoms with E-state index < -0.39 is 0 Å². The highest BCUT2D eigenvalue weighted by atomic mass is 16.5. The molecule has 0 spiro atoms. The fraction of sp³-hybridized carbons (Fsp3) is 0.824. The first-order valence-electron chi connectivity index (χ1n) is 8.03. The summed E-state index contributed by atoms with van der Waals surface area (Å²) in [5.41, 5.74) is 0.542. The fourth-order valence-corrected chi connectivity index (χ4v) is 4.97. The van der Waals surface area contributed by atoms with Crippen LogP contribution in [0.15, 0.2) is 12.2 Å². The molecule has 2 nitrogen and oxygen atoms in total. The molecule has 0 N–H and O–H groups in total. The number of rotatable bonds is 2. The van der Waals surface area contributed by atoms with Gasteiger partial charge in [-0.1, -0.05) is 25.8 Å². The molecule has 0 aliphatic heterocycles. The second kappa shape index (κ2) is 5.30. The highest BCUT2D eigenvalue weighted by molar-refractivity contribution is 5.87. The molecule has 0 aromatic heterocycles. The molecule has 3 aliphatic rings. The van der Waals surface area contributed by atoms with Crippen LogP contribution in [0.3, 0.4) is 0 Å². The molecule has 0 heterocycles. The summed E-state index contributed by atoms with van der Waals surface area (Å²) < 4.78 is 5.78. The Morgan fingerprint density at radius 2 is 1.79 bits per heavy atom. The van der Waals surface area contributed by atoms with Crippen molar-refractivity contribution in [1.29, 1.82) is 0 Å². The molecular formula is C17H26O2. The smallest absolute Gasteiger partial charge is 0.333 e. The molecule has 19 heavy (non-hydrogen) atoms. The van der Waals surface area contributed by atoms with Crippen LogP contribution in [-0.4, -0.2) is 12.1 Å².